The van der Waals surface area contributed by atoms with Crippen molar-refractivity contribution in [1.82, 2.24) is 10.6 Å². The van der Waals surface area contributed by atoms with E-state index in [1.54, 1.807) is 35.6 Å². The van der Waals surface area contributed by atoms with Gasteiger partial charge in [-0.15, -0.1) is 11.3 Å². The summed E-state index contributed by atoms with van der Waals surface area (Å²) in [5.74, 6) is -0.322. The SMILES string of the molecule is CC(C)[C@H](NC(=O)CNC(=O)c1ccccc1Cl)c1cccs1. The molecule has 1 aromatic heterocycles. The highest BCUT2D eigenvalue weighted by Gasteiger charge is 2.19. The summed E-state index contributed by atoms with van der Waals surface area (Å²) in [6.45, 7) is 4.01. The Hall–Kier alpha value is -1.85. The topological polar surface area (TPSA) is 58.2 Å². The standard InChI is InChI=1S/C17H19ClN2O2S/c1-11(2)16(14-8-5-9-23-14)20-15(21)10-19-17(22)12-6-3-4-7-13(12)18/h3-9,11,16H,10H2,1-2H3,(H,19,22)(H,20,21)/t16-/m0/s1. The highest BCUT2D eigenvalue weighted by atomic mass is 35.5. The van der Waals surface area contributed by atoms with Gasteiger partial charge in [0.25, 0.3) is 5.91 Å². The molecule has 2 rings (SSSR count). The van der Waals surface area contributed by atoms with Crippen LogP contribution >= 0.6 is 22.9 Å². The first-order valence-electron chi connectivity index (χ1n) is 7.34. The molecule has 6 heteroatoms. The van der Waals surface area contributed by atoms with Gasteiger partial charge in [-0.2, -0.15) is 0 Å². The first-order chi connectivity index (χ1) is 11.0. The van der Waals surface area contributed by atoms with E-state index >= 15 is 0 Å². The second kappa shape index (κ2) is 8.13. The Labute approximate surface area is 144 Å². The molecule has 0 saturated heterocycles. The molecular formula is C17H19ClN2O2S. The fraction of sp³-hybridized carbons (Fsp3) is 0.294. The third-order valence-electron chi connectivity index (χ3n) is 3.36. The van der Waals surface area contributed by atoms with E-state index in [2.05, 4.69) is 10.6 Å². The van der Waals surface area contributed by atoms with Gasteiger partial charge in [0.1, 0.15) is 0 Å². The quantitative estimate of drug-likeness (QED) is 0.835. The summed E-state index contributed by atoms with van der Waals surface area (Å²) >= 11 is 7.57. The molecule has 2 aromatic rings. The van der Waals surface area contributed by atoms with Gasteiger partial charge in [0.05, 0.1) is 23.2 Å². The van der Waals surface area contributed by atoms with E-state index in [0.717, 1.165) is 4.88 Å². The molecule has 2 amide bonds. The summed E-state index contributed by atoms with van der Waals surface area (Å²) < 4.78 is 0. The van der Waals surface area contributed by atoms with Gasteiger partial charge in [-0.3, -0.25) is 9.59 Å². The largest absolute Gasteiger partial charge is 0.347 e. The van der Waals surface area contributed by atoms with Crippen molar-refractivity contribution >= 4 is 34.8 Å². The Kier molecular flexibility index (Phi) is 6.19. The number of nitrogens with one attached hydrogen (secondary N) is 2. The third-order valence-corrected chi connectivity index (χ3v) is 4.65. The zero-order chi connectivity index (χ0) is 16.8. The van der Waals surface area contributed by atoms with Crippen molar-refractivity contribution in [3.63, 3.8) is 0 Å². The summed E-state index contributed by atoms with van der Waals surface area (Å²) in [6, 6.07) is 10.6. The van der Waals surface area contributed by atoms with Crippen LogP contribution in [0.3, 0.4) is 0 Å². The molecule has 2 N–H and O–H groups in total. The van der Waals surface area contributed by atoms with Crippen LogP contribution in [0.4, 0.5) is 0 Å². The van der Waals surface area contributed by atoms with Gasteiger partial charge in [-0.25, -0.2) is 0 Å². The lowest BCUT2D eigenvalue weighted by molar-refractivity contribution is -0.121. The third kappa shape index (κ3) is 4.81. The van der Waals surface area contributed by atoms with Gasteiger partial charge < -0.3 is 10.6 Å². The summed E-state index contributed by atoms with van der Waals surface area (Å²) in [4.78, 5) is 25.3. The van der Waals surface area contributed by atoms with Gasteiger partial charge in [0.2, 0.25) is 5.91 Å². The number of thiophene rings is 1. The van der Waals surface area contributed by atoms with Gasteiger partial charge in [-0.05, 0) is 29.5 Å². The molecule has 1 atom stereocenters. The Bertz CT molecular complexity index is 671. The number of halogens is 1. The maximum Gasteiger partial charge on any atom is 0.253 e. The normalized spacial score (nSPS) is 12.0. The van der Waals surface area contributed by atoms with E-state index in [1.165, 1.54) is 0 Å². The van der Waals surface area contributed by atoms with Crippen molar-refractivity contribution in [2.75, 3.05) is 6.54 Å². The minimum atomic E-state index is -0.358. The highest BCUT2D eigenvalue weighted by molar-refractivity contribution is 7.10. The Balaban J connectivity index is 1.92. The lowest BCUT2D eigenvalue weighted by Gasteiger charge is -2.21. The number of rotatable bonds is 6. The minimum absolute atomic E-state index is 0.0558. The van der Waals surface area contributed by atoms with Crippen LogP contribution in [0.15, 0.2) is 41.8 Å². The summed E-state index contributed by atoms with van der Waals surface area (Å²) in [6.07, 6.45) is 0. The lowest BCUT2D eigenvalue weighted by atomic mass is 10.0. The number of benzene rings is 1. The van der Waals surface area contributed by atoms with Gasteiger partial charge in [-0.1, -0.05) is 43.6 Å². The van der Waals surface area contributed by atoms with Crippen molar-refractivity contribution in [2.24, 2.45) is 5.92 Å². The molecule has 1 aromatic carbocycles. The summed E-state index contributed by atoms with van der Waals surface area (Å²) in [5.41, 5.74) is 0.362. The molecule has 0 saturated carbocycles. The van der Waals surface area contributed by atoms with Crippen LogP contribution in [0.2, 0.25) is 5.02 Å². The second-order valence-electron chi connectivity index (χ2n) is 5.47. The molecule has 0 fully saturated rings. The van der Waals surface area contributed by atoms with Crippen LogP contribution in [0.5, 0.6) is 0 Å². The molecule has 4 nitrogen and oxygen atoms in total. The molecule has 0 bridgehead atoms. The zero-order valence-electron chi connectivity index (χ0n) is 13.0. The molecule has 23 heavy (non-hydrogen) atoms. The average molecular weight is 351 g/mol. The smallest absolute Gasteiger partial charge is 0.253 e. The molecule has 0 aliphatic heterocycles. The summed E-state index contributed by atoms with van der Waals surface area (Å²) in [7, 11) is 0. The molecule has 122 valence electrons. The minimum Gasteiger partial charge on any atom is -0.347 e. The second-order valence-corrected chi connectivity index (χ2v) is 6.85. The number of amides is 2. The first kappa shape index (κ1) is 17.5. The Morgan fingerprint density at radius 1 is 1.17 bits per heavy atom. The van der Waals surface area contributed by atoms with Crippen LogP contribution in [0.25, 0.3) is 0 Å². The molecular weight excluding hydrogens is 332 g/mol. The van der Waals surface area contributed by atoms with Crippen molar-refractivity contribution in [2.45, 2.75) is 19.9 Å². The predicted molar refractivity (Wildman–Crippen MR) is 93.8 cm³/mol. The fourth-order valence-corrected chi connectivity index (χ4v) is 3.33. The lowest BCUT2D eigenvalue weighted by Crippen LogP contribution is -2.39. The van der Waals surface area contributed by atoms with E-state index in [1.807, 2.05) is 31.4 Å². The van der Waals surface area contributed by atoms with Gasteiger partial charge in [0, 0.05) is 4.88 Å². The zero-order valence-corrected chi connectivity index (χ0v) is 14.6. The van der Waals surface area contributed by atoms with Crippen LogP contribution in [0, 0.1) is 5.92 Å². The predicted octanol–water partition coefficient (Wildman–Crippen LogP) is 3.64. The Morgan fingerprint density at radius 3 is 2.52 bits per heavy atom. The number of carbonyl (C=O) groups is 2. The van der Waals surface area contributed by atoms with Crippen molar-refractivity contribution in [1.29, 1.82) is 0 Å². The van der Waals surface area contributed by atoms with Crippen molar-refractivity contribution in [3.05, 3.63) is 57.2 Å². The van der Waals surface area contributed by atoms with E-state index in [9.17, 15) is 9.59 Å². The number of carbonyl (C=O) groups excluding carboxylic acids is 2. The molecule has 0 radical (unpaired) electrons. The van der Waals surface area contributed by atoms with Crippen LogP contribution < -0.4 is 10.6 Å². The van der Waals surface area contributed by atoms with E-state index in [4.69, 9.17) is 11.6 Å². The van der Waals surface area contributed by atoms with Crippen LogP contribution in [-0.2, 0) is 4.79 Å². The maximum atomic E-state index is 12.1. The molecule has 0 unspecified atom stereocenters. The average Bonchev–Trinajstić information content (AvgIpc) is 3.04. The summed E-state index contributed by atoms with van der Waals surface area (Å²) in [5, 5.41) is 7.91. The van der Waals surface area contributed by atoms with Crippen LogP contribution in [0.1, 0.15) is 35.1 Å². The monoisotopic (exact) mass is 350 g/mol. The number of hydrogen-bond donors (Lipinski definition) is 2. The van der Waals surface area contributed by atoms with E-state index < -0.39 is 0 Å². The number of hydrogen-bond acceptors (Lipinski definition) is 3. The fourth-order valence-electron chi connectivity index (χ4n) is 2.16. The highest BCUT2D eigenvalue weighted by Crippen LogP contribution is 2.25. The van der Waals surface area contributed by atoms with Gasteiger partial charge >= 0.3 is 0 Å². The Morgan fingerprint density at radius 2 is 1.91 bits per heavy atom. The van der Waals surface area contributed by atoms with Crippen LogP contribution in [-0.4, -0.2) is 18.4 Å². The molecule has 1 heterocycles. The van der Waals surface area contributed by atoms with E-state index in [0.29, 0.717) is 10.6 Å². The van der Waals surface area contributed by atoms with Gasteiger partial charge in [0.15, 0.2) is 0 Å². The molecule has 0 aliphatic carbocycles. The molecule has 0 spiro atoms. The van der Waals surface area contributed by atoms with Crippen molar-refractivity contribution < 1.29 is 9.59 Å². The van der Waals surface area contributed by atoms with E-state index in [-0.39, 0.29) is 30.3 Å². The maximum absolute atomic E-state index is 12.1. The first-order valence-corrected chi connectivity index (χ1v) is 8.60. The van der Waals surface area contributed by atoms with Crippen molar-refractivity contribution in [3.8, 4) is 0 Å². The molecule has 0 aliphatic rings.